The summed E-state index contributed by atoms with van der Waals surface area (Å²) in [4.78, 5) is 16.0. The van der Waals surface area contributed by atoms with Crippen molar-refractivity contribution >= 4 is 17.3 Å². The van der Waals surface area contributed by atoms with Crippen molar-refractivity contribution in [1.29, 1.82) is 0 Å². The van der Waals surface area contributed by atoms with Crippen LogP contribution in [0.3, 0.4) is 0 Å². The number of aryl methyl sites for hydroxylation is 1. The molecule has 0 amide bonds. The van der Waals surface area contributed by atoms with Crippen LogP contribution in [-0.4, -0.2) is 20.7 Å². The first kappa shape index (κ1) is 14.5. The van der Waals surface area contributed by atoms with Gasteiger partial charge in [0.25, 0.3) is 0 Å². The van der Waals surface area contributed by atoms with Gasteiger partial charge in [0.1, 0.15) is 6.61 Å². The van der Waals surface area contributed by atoms with Gasteiger partial charge in [-0.05, 0) is 19.1 Å². The van der Waals surface area contributed by atoms with Crippen LogP contribution in [0.5, 0.6) is 0 Å². The third-order valence-corrected chi connectivity index (χ3v) is 3.87. The van der Waals surface area contributed by atoms with E-state index >= 15 is 0 Å². The second kappa shape index (κ2) is 6.53. The molecule has 0 bridgehead atoms. The number of benzene rings is 1. The number of nitrogens with zero attached hydrogens (tertiary/aromatic N) is 3. The molecule has 0 atom stereocenters. The lowest BCUT2D eigenvalue weighted by Gasteiger charge is -2.02. The Morgan fingerprint density at radius 1 is 1.32 bits per heavy atom. The van der Waals surface area contributed by atoms with E-state index in [-0.39, 0.29) is 19.0 Å². The number of hydrogen-bond acceptors (Lipinski definition) is 5. The fourth-order valence-electron chi connectivity index (χ4n) is 2.01. The van der Waals surface area contributed by atoms with Gasteiger partial charge < -0.3 is 4.74 Å². The summed E-state index contributed by atoms with van der Waals surface area (Å²) in [6.45, 7) is 2.13. The van der Waals surface area contributed by atoms with Gasteiger partial charge in [-0.3, -0.25) is 4.79 Å². The summed E-state index contributed by atoms with van der Waals surface area (Å²) in [5, 5.41) is 7.10. The number of carbonyl (C=O) groups is 1. The monoisotopic (exact) mass is 313 g/mol. The van der Waals surface area contributed by atoms with Crippen LogP contribution < -0.4 is 0 Å². The average Bonchev–Trinajstić information content (AvgIpc) is 3.15. The molecule has 0 saturated heterocycles. The molecule has 3 rings (SSSR count). The zero-order valence-electron chi connectivity index (χ0n) is 12.1. The summed E-state index contributed by atoms with van der Waals surface area (Å²) in [5.74, 6) is -0.280. The normalized spacial score (nSPS) is 10.6. The Morgan fingerprint density at radius 3 is 2.86 bits per heavy atom. The zero-order chi connectivity index (χ0) is 15.4. The van der Waals surface area contributed by atoms with Crippen LogP contribution in [0, 0.1) is 6.92 Å². The fourth-order valence-corrected chi connectivity index (χ4v) is 2.62. The van der Waals surface area contributed by atoms with Crippen molar-refractivity contribution in [1.82, 2.24) is 14.8 Å². The summed E-state index contributed by atoms with van der Waals surface area (Å²) in [6, 6.07) is 9.79. The predicted molar refractivity (Wildman–Crippen MR) is 83.9 cm³/mol. The molecule has 0 radical (unpaired) electrons. The van der Waals surface area contributed by atoms with Gasteiger partial charge in [0.15, 0.2) is 0 Å². The van der Waals surface area contributed by atoms with E-state index in [9.17, 15) is 4.79 Å². The van der Waals surface area contributed by atoms with E-state index in [0.29, 0.717) is 0 Å². The molecule has 3 aromatic rings. The molecule has 1 aromatic carbocycles. The number of para-hydroxylation sites is 1. The molecule has 6 heteroatoms. The Balaban J connectivity index is 1.56. The van der Waals surface area contributed by atoms with Crippen molar-refractivity contribution in [2.24, 2.45) is 0 Å². The van der Waals surface area contributed by atoms with Crippen molar-refractivity contribution in [3.05, 3.63) is 64.4 Å². The van der Waals surface area contributed by atoms with Gasteiger partial charge in [-0.25, -0.2) is 9.67 Å². The van der Waals surface area contributed by atoms with Gasteiger partial charge in [-0.1, -0.05) is 18.2 Å². The molecular formula is C16H15N3O2S. The molecule has 2 aromatic heterocycles. The maximum Gasteiger partial charge on any atom is 0.312 e. The first-order chi connectivity index (χ1) is 10.7. The zero-order valence-corrected chi connectivity index (χ0v) is 12.9. The van der Waals surface area contributed by atoms with Gasteiger partial charge in [-0.15, -0.1) is 11.3 Å². The van der Waals surface area contributed by atoms with Crippen molar-refractivity contribution < 1.29 is 9.53 Å². The van der Waals surface area contributed by atoms with E-state index in [1.165, 1.54) is 11.3 Å². The van der Waals surface area contributed by atoms with Crippen LogP contribution >= 0.6 is 11.3 Å². The second-order valence-electron chi connectivity index (χ2n) is 4.82. The molecular weight excluding hydrogens is 298 g/mol. The Bertz CT molecular complexity index is 765. The Labute approximate surface area is 132 Å². The number of rotatable bonds is 5. The molecule has 0 aliphatic heterocycles. The molecule has 0 N–H and O–H groups in total. The van der Waals surface area contributed by atoms with Gasteiger partial charge in [-0.2, -0.15) is 5.10 Å². The van der Waals surface area contributed by atoms with Crippen molar-refractivity contribution in [3.8, 4) is 5.69 Å². The maximum atomic E-state index is 11.8. The van der Waals surface area contributed by atoms with E-state index < -0.39 is 0 Å². The molecule has 0 saturated carbocycles. The quantitative estimate of drug-likeness (QED) is 0.680. The summed E-state index contributed by atoms with van der Waals surface area (Å²) < 4.78 is 7.02. The Hall–Kier alpha value is -2.47. The molecule has 0 unspecified atom stereocenters. The smallest absolute Gasteiger partial charge is 0.312 e. The summed E-state index contributed by atoms with van der Waals surface area (Å²) in [6.07, 6.45) is 3.76. The minimum atomic E-state index is -0.280. The largest absolute Gasteiger partial charge is 0.460 e. The predicted octanol–water partition coefficient (Wildman–Crippen LogP) is 2.92. The van der Waals surface area contributed by atoms with Crippen LogP contribution in [0.2, 0.25) is 0 Å². The lowest BCUT2D eigenvalue weighted by Crippen LogP contribution is -2.08. The molecule has 2 heterocycles. The van der Waals surface area contributed by atoms with Crippen molar-refractivity contribution in [3.63, 3.8) is 0 Å². The highest BCUT2D eigenvalue weighted by Crippen LogP contribution is 2.11. The molecule has 0 aliphatic carbocycles. The second-order valence-corrected chi connectivity index (χ2v) is 5.89. The highest BCUT2D eigenvalue weighted by Gasteiger charge is 2.09. The van der Waals surface area contributed by atoms with E-state index in [0.717, 1.165) is 22.0 Å². The summed E-state index contributed by atoms with van der Waals surface area (Å²) in [7, 11) is 0. The third-order valence-electron chi connectivity index (χ3n) is 3.05. The maximum absolute atomic E-state index is 11.8. The number of thiazole rings is 1. The number of hydrogen-bond donors (Lipinski definition) is 0. The molecule has 0 fully saturated rings. The van der Waals surface area contributed by atoms with E-state index in [1.54, 1.807) is 10.9 Å². The minimum Gasteiger partial charge on any atom is -0.460 e. The molecule has 22 heavy (non-hydrogen) atoms. The number of esters is 1. The number of ether oxygens (including phenoxy) is 1. The molecule has 0 aliphatic rings. The van der Waals surface area contributed by atoms with E-state index in [4.69, 9.17) is 4.74 Å². The summed E-state index contributed by atoms with van der Waals surface area (Å²) >= 11 is 1.53. The van der Waals surface area contributed by atoms with Gasteiger partial charge >= 0.3 is 5.97 Å². The van der Waals surface area contributed by atoms with E-state index in [2.05, 4.69) is 10.1 Å². The Kier molecular flexibility index (Phi) is 4.29. The topological polar surface area (TPSA) is 57.0 Å². The minimum absolute atomic E-state index is 0.206. The van der Waals surface area contributed by atoms with Gasteiger partial charge in [0, 0.05) is 17.1 Å². The van der Waals surface area contributed by atoms with Gasteiger partial charge in [0.05, 0.1) is 29.0 Å². The average molecular weight is 313 g/mol. The van der Waals surface area contributed by atoms with Crippen LogP contribution in [0.1, 0.15) is 16.3 Å². The molecule has 0 spiro atoms. The fraction of sp³-hybridized carbons (Fsp3) is 0.188. The standard InChI is InChI=1S/C16H15N3O2S/c1-12-18-14(11-22-12)7-16(20)21-10-13-8-17-19(9-13)15-5-3-2-4-6-15/h2-6,8-9,11H,7,10H2,1H3. The van der Waals surface area contributed by atoms with E-state index in [1.807, 2.05) is 48.8 Å². The lowest BCUT2D eigenvalue weighted by atomic mass is 10.3. The third kappa shape index (κ3) is 3.59. The van der Waals surface area contributed by atoms with Crippen LogP contribution in [-0.2, 0) is 22.6 Å². The lowest BCUT2D eigenvalue weighted by molar-refractivity contribution is -0.144. The first-order valence-electron chi connectivity index (χ1n) is 6.86. The SMILES string of the molecule is Cc1nc(CC(=O)OCc2cnn(-c3ccccc3)c2)cs1. The summed E-state index contributed by atoms with van der Waals surface area (Å²) in [5.41, 5.74) is 2.58. The molecule has 5 nitrogen and oxygen atoms in total. The van der Waals surface area contributed by atoms with Crippen molar-refractivity contribution in [2.75, 3.05) is 0 Å². The van der Waals surface area contributed by atoms with Crippen LogP contribution in [0.15, 0.2) is 48.1 Å². The Morgan fingerprint density at radius 2 is 2.14 bits per heavy atom. The highest BCUT2D eigenvalue weighted by atomic mass is 32.1. The highest BCUT2D eigenvalue weighted by molar-refractivity contribution is 7.09. The first-order valence-corrected chi connectivity index (χ1v) is 7.74. The number of carbonyl (C=O) groups excluding carboxylic acids is 1. The van der Waals surface area contributed by atoms with Crippen molar-refractivity contribution in [2.45, 2.75) is 20.0 Å². The van der Waals surface area contributed by atoms with Gasteiger partial charge in [0.2, 0.25) is 0 Å². The molecule has 112 valence electrons. The van der Waals surface area contributed by atoms with Crippen LogP contribution in [0.25, 0.3) is 5.69 Å². The van der Waals surface area contributed by atoms with Crippen LogP contribution in [0.4, 0.5) is 0 Å². The number of aromatic nitrogens is 3.